The normalized spacial score (nSPS) is 11.3. The number of ether oxygens (including phenoxy) is 1. The van der Waals surface area contributed by atoms with Gasteiger partial charge in [-0.2, -0.15) is 0 Å². The third kappa shape index (κ3) is 2.18. The molecule has 0 atom stereocenters. The first kappa shape index (κ1) is 15.1. The molecule has 0 saturated heterocycles. The lowest BCUT2D eigenvalue weighted by molar-refractivity contribution is 0.386. The quantitative estimate of drug-likeness (QED) is 0.532. The minimum absolute atomic E-state index is 0.130. The van der Waals surface area contributed by atoms with Crippen LogP contribution >= 0.6 is 22.9 Å². The van der Waals surface area contributed by atoms with Crippen LogP contribution < -0.4 is 10.3 Å². The second-order valence-electron chi connectivity index (χ2n) is 5.13. The standard InChI is InChI=1S/C17H10ClFN2O2S/c1-23-13-3-2-9(8-12(13)19)21-7-5-10-14-11(18)4-6-20-16(14)24-15(10)17(21)22/h2-8H,1H3. The van der Waals surface area contributed by atoms with Crippen LogP contribution in [0.15, 0.2) is 47.5 Å². The third-order valence-corrected chi connectivity index (χ3v) is 5.21. The summed E-state index contributed by atoms with van der Waals surface area (Å²) in [5, 5.41) is 2.08. The molecule has 0 saturated carbocycles. The molecule has 4 aromatic rings. The molecule has 24 heavy (non-hydrogen) atoms. The van der Waals surface area contributed by atoms with Crippen LogP contribution in [0.2, 0.25) is 5.02 Å². The van der Waals surface area contributed by atoms with E-state index in [4.69, 9.17) is 16.3 Å². The number of fused-ring (bicyclic) bond motifs is 3. The zero-order valence-corrected chi connectivity index (χ0v) is 14.0. The molecule has 4 nitrogen and oxygen atoms in total. The number of nitrogens with zero attached hydrogens (tertiary/aromatic N) is 2. The molecular formula is C17H10ClFN2O2S. The Morgan fingerprint density at radius 2 is 2.12 bits per heavy atom. The Morgan fingerprint density at radius 3 is 2.88 bits per heavy atom. The van der Waals surface area contributed by atoms with E-state index in [1.54, 1.807) is 30.6 Å². The van der Waals surface area contributed by atoms with Crippen molar-refractivity contribution in [2.75, 3.05) is 7.11 Å². The highest BCUT2D eigenvalue weighted by molar-refractivity contribution is 7.25. The van der Waals surface area contributed by atoms with Crippen molar-refractivity contribution in [1.29, 1.82) is 0 Å². The van der Waals surface area contributed by atoms with E-state index in [9.17, 15) is 9.18 Å². The van der Waals surface area contributed by atoms with Crippen molar-refractivity contribution in [2.45, 2.75) is 0 Å². The zero-order chi connectivity index (χ0) is 16.8. The number of benzene rings is 1. The number of rotatable bonds is 2. The summed E-state index contributed by atoms with van der Waals surface area (Å²) in [6.45, 7) is 0. The first-order chi connectivity index (χ1) is 11.6. The average Bonchev–Trinajstić information content (AvgIpc) is 2.96. The van der Waals surface area contributed by atoms with Crippen molar-refractivity contribution in [1.82, 2.24) is 9.55 Å². The van der Waals surface area contributed by atoms with E-state index in [0.717, 1.165) is 10.8 Å². The molecule has 4 rings (SSSR count). The number of hydrogen-bond acceptors (Lipinski definition) is 4. The SMILES string of the molecule is COc1ccc(-n2ccc3c(sc4nccc(Cl)c43)c2=O)cc1F. The molecule has 3 aromatic heterocycles. The maximum absolute atomic E-state index is 13.9. The van der Waals surface area contributed by atoms with Gasteiger partial charge in [-0.3, -0.25) is 9.36 Å². The van der Waals surface area contributed by atoms with Crippen molar-refractivity contribution >= 4 is 43.2 Å². The van der Waals surface area contributed by atoms with Crippen LogP contribution in [0, 0.1) is 5.82 Å². The van der Waals surface area contributed by atoms with E-state index >= 15 is 0 Å². The van der Waals surface area contributed by atoms with Crippen LogP contribution in [-0.2, 0) is 0 Å². The highest BCUT2D eigenvalue weighted by atomic mass is 35.5. The van der Waals surface area contributed by atoms with Crippen LogP contribution in [0.5, 0.6) is 5.75 Å². The fourth-order valence-corrected chi connectivity index (χ4v) is 4.06. The number of aromatic nitrogens is 2. The van der Waals surface area contributed by atoms with Gasteiger partial charge in [0.2, 0.25) is 0 Å². The second-order valence-corrected chi connectivity index (χ2v) is 6.53. The van der Waals surface area contributed by atoms with Gasteiger partial charge in [-0.05, 0) is 24.3 Å². The molecule has 0 bridgehead atoms. The van der Waals surface area contributed by atoms with Crippen molar-refractivity contribution in [3.05, 3.63) is 63.9 Å². The fraction of sp³-hybridized carbons (Fsp3) is 0.0588. The van der Waals surface area contributed by atoms with E-state index in [1.165, 1.54) is 35.1 Å². The van der Waals surface area contributed by atoms with Crippen molar-refractivity contribution < 1.29 is 9.13 Å². The highest BCUT2D eigenvalue weighted by Crippen LogP contribution is 2.35. The largest absolute Gasteiger partial charge is 0.494 e. The molecule has 0 aliphatic rings. The predicted molar refractivity (Wildman–Crippen MR) is 94.2 cm³/mol. The smallest absolute Gasteiger partial charge is 0.273 e. The monoisotopic (exact) mass is 360 g/mol. The molecule has 3 heterocycles. The number of methoxy groups -OCH3 is 1. The maximum Gasteiger partial charge on any atom is 0.273 e. The minimum Gasteiger partial charge on any atom is -0.494 e. The van der Waals surface area contributed by atoms with Gasteiger partial charge in [0.1, 0.15) is 9.53 Å². The summed E-state index contributed by atoms with van der Waals surface area (Å²) in [4.78, 5) is 17.8. The van der Waals surface area contributed by atoms with Gasteiger partial charge >= 0.3 is 0 Å². The van der Waals surface area contributed by atoms with Crippen LogP contribution in [0.4, 0.5) is 4.39 Å². The van der Waals surface area contributed by atoms with Crippen molar-refractivity contribution in [3.63, 3.8) is 0 Å². The summed E-state index contributed by atoms with van der Waals surface area (Å²) in [7, 11) is 1.39. The second kappa shape index (κ2) is 5.58. The molecule has 7 heteroatoms. The summed E-state index contributed by atoms with van der Waals surface area (Å²) < 4.78 is 20.8. The number of pyridine rings is 2. The molecule has 0 aliphatic heterocycles. The molecule has 0 N–H and O–H groups in total. The summed E-state index contributed by atoms with van der Waals surface area (Å²) in [5.74, 6) is -0.395. The third-order valence-electron chi connectivity index (χ3n) is 3.79. The van der Waals surface area contributed by atoms with Gasteiger partial charge in [-0.1, -0.05) is 11.6 Å². The molecular weight excluding hydrogens is 351 g/mol. The zero-order valence-electron chi connectivity index (χ0n) is 12.4. The van der Waals surface area contributed by atoms with Gasteiger partial charge in [0.25, 0.3) is 5.56 Å². The molecule has 0 radical (unpaired) electrons. The van der Waals surface area contributed by atoms with E-state index in [1.807, 2.05) is 0 Å². The lowest BCUT2D eigenvalue weighted by atomic mass is 10.2. The minimum atomic E-state index is -0.525. The lowest BCUT2D eigenvalue weighted by Gasteiger charge is -2.08. The fourth-order valence-electron chi connectivity index (χ4n) is 2.66. The molecule has 0 aliphatic carbocycles. The first-order valence-electron chi connectivity index (χ1n) is 7.02. The summed E-state index contributed by atoms with van der Waals surface area (Å²) in [5.41, 5.74) is 0.188. The number of halogens is 2. The Balaban J connectivity index is 2.00. The van der Waals surface area contributed by atoms with Gasteiger partial charge in [0.05, 0.1) is 17.8 Å². The highest BCUT2D eigenvalue weighted by Gasteiger charge is 2.14. The van der Waals surface area contributed by atoms with Gasteiger partial charge < -0.3 is 4.74 Å². The van der Waals surface area contributed by atoms with E-state index in [-0.39, 0.29) is 11.3 Å². The van der Waals surface area contributed by atoms with Crippen LogP contribution in [0.25, 0.3) is 26.0 Å². The Kier molecular flexibility index (Phi) is 3.51. The number of hydrogen-bond donors (Lipinski definition) is 0. The van der Waals surface area contributed by atoms with Crippen LogP contribution in [-0.4, -0.2) is 16.7 Å². The summed E-state index contributed by atoms with van der Waals surface area (Å²) in [6.07, 6.45) is 3.22. The van der Waals surface area contributed by atoms with E-state index < -0.39 is 5.82 Å². The summed E-state index contributed by atoms with van der Waals surface area (Å²) in [6, 6.07) is 7.88. The average molecular weight is 361 g/mol. The van der Waals surface area contributed by atoms with Crippen molar-refractivity contribution in [3.8, 4) is 11.4 Å². The molecule has 1 aromatic carbocycles. The first-order valence-corrected chi connectivity index (χ1v) is 8.22. The van der Waals surface area contributed by atoms with E-state index in [2.05, 4.69) is 4.98 Å². The van der Waals surface area contributed by atoms with Gasteiger partial charge in [0.15, 0.2) is 11.6 Å². The van der Waals surface area contributed by atoms with Crippen LogP contribution in [0.1, 0.15) is 0 Å². The van der Waals surface area contributed by atoms with E-state index in [0.29, 0.717) is 20.2 Å². The molecule has 0 amide bonds. The lowest BCUT2D eigenvalue weighted by Crippen LogP contribution is -2.16. The Labute approximate surface area is 144 Å². The molecule has 0 spiro atoms. The molecule has 0 unspecified atom stereocenters. The predicted octanol–water partition coefficient (Wildman–Crippen LogP) is 4.40. The van der Waals surface area contributed by atoms with Gasteiger partial charge in [-0.25, -0.2) is 9.37 Å². The Bertz CT molecular complexity index is 1150. The number of thiophene rings is 1. The maximum atomic E-state index is 13.9. The van der Waals surface area contributed by atoms with Gasteiger partial charge in [0, 0.05) is 29.2 Å². The Morgan fingerprint density at radius 1 is 1.29 bits per heavy atom. The Hall–Kier alpha value is -2.44. The topological polar surface area (TPSA) is 44.1 Å². The molecule has 0 fully saturated rings. The van der Waals surface area contributed by atoms with Crippen molar-refractivity contribution in [2.24, 2.45) is 0 Å². The van der Waals surface area contributed by atoms with Crippen LogP contribution in [0.3, 0.4) is 0 Å². The summed E-state index contributed by atoms with van der Waals surface area (Å²) >= 11 is 7.51. The molecule has 120 valence electrons. The van der Waals surface area contributed by atoms with Gasteiger partial charge in [-0.15, -0.1) is 11.3 Å².